The van der Waals surface area contributed by atoms with Gasteiger partial charge >= 0.3 is 0 Å². The summed E-state index contributed by atoms with van der Waals surface area (Å²) in [5.41, 5.74) is 8.46. The molecule has 0 bridgehead atoms. The van der Waals surface area contributed by atoms with E-state index in [1.165, 1.54) is 0 Å². The molecule has 3 nitrogen and oxygen atoms in total. The van der Waals surface area contributed by atoms with Gasteiger partial charge in [-0.3, -0.25) is 0 Å². The van der Waals surface area contributed by atoms with Crippen LogP contribution in [0.15, 0.2) is 48.5 Å². The Morgan fingerprint density at radius 2 is 1.90 bits per heavy atom. The minimum atomic E-state index is 0.226. The molecule has 21 heavy (non-hydrogen) atoms. The number of nitrogens with two attached hydrogens (primary N) is 1. The second-order valence-electron chi connectivity index (χ2n) is 4.58. The van der Waals surface area contributed by atoms with Gasteiger partial charge in [0.15, 0.2) is 6.79 Å². The Balaban J connectivity index is 1.83. The monoisotopic (exact) mass is 281 g/mol. The van der Waals surface area contributed by atoms with Crippen LogP contribution in [0.4, 0.5) is 0 Å². The summed E-state index contributed by atoms with van der Waals surface area (Å²) >= 11 is 0. The third-order valence-corrected chi connectivity index (χ3v) is 2.92. The van der Waals surface area contributed by atoms with Gasteiger partial charge in [-0.1, -0.05) is 42.2 Å². The number of hydrogen-bond donors (Lipinski definition) is 1. The molecule has 0 saturated carbocycles. The molecule has 0 aliphatic heterocycles. The summed E-state index contributed by atoms with van der Waals surface area (Å²) in [5, 5.41) is 0. The van der Waals surface area contributed by atoms with E-state index in [1.54, 1.807) is 0 Å². The molecule has 0 heterocycles. The molecule has 0 saturated heterocycles. The van der Waals surface area contributed by atoms with E-state index in [0.29, 0.717) is 13.2 Å². The highest BCUT2D eigenvalue weighted by molar-refractivity contribution is 5.43. The summed E-state index contributed by atoms with van der Waals surface area (Å²) in [6.07, 6.45) is 0. The number of ether oxygens (including phenoxy) is 2. The molecule has 0 aliphatic rings. The third kappa shape index (κ3) is 4.96. The molecule has 2 aromatic carbocycles. The Bertz CT molecular complexity index is 627. The molecule has 0 unspecified atom stereocenters. The Morgan fingerprint density at radius 1 is 1.10 bits per heavy atom. The lowest BCUT2D eigenvalue weighted by Crippen LogP contribution is -2.04. The van der Waals surface area contributed by atoms with Gasteiger partial charge in [0.05, 0.1) is 13.2 Å². The molecule has 0 amide bonds. The van der Waals surface area contributed by atoms with Crippen molar-refractivity contribution in [3.63, 3.8) is 0 Å². The standard InChI is InChI=1S/C18H19NO2/c1-15-12-16(8-5-11-19)9-10-18(15)21-14-20-13-17-6-3-2-4-7-17/h2-4,6-7,9-10,12H,11,13-14,19H2,1H3. The summed E-state index contributed by atoms with van der Waals surface area (Å²) in [5.74, 6) is 6.64. The number of rotatable bonds is 5. The summed E-state index contributed by atoms with van der Waals surface area (Å²) in [7, 11) is 0. The predicted octanol–water partition coefficient (Wildman–Crippen LogP) is 2.86. The molecule has 2 N–H and O–H groups in total. The van der Waals surface area contributed by atoms with E-state index in [1.807, 2.05) is 55.5 Å². The fourth-order valence-electron chi connectivity index (χ4n) is 1.88. The van der Waals surface area contributed by atoms with Crippen LogP contribution in [0.1, 0.15) is 16.7 Å². The van der Waals surface area contributed by atoms with Gasteiger partial charge in [0, 0.05) is 5.56 Å². The van der Waals surface area contributed by atoms with Crippen LogP contribution in [-0.2, 0) is 11.3 Å². The first-order chi connectivity index (χ1) is 10.3. The highest BCUT2D eigenvalue weighted by Crippen LogP contribution is 2.18. The van der Waals surface area contributed by atoms with Crippen LogP contribution < -0.4 is 10.5 Å². The molecule has 3 heteroatoms. The van der Waals surface area contributed by atoms with Gasteiger partial charge in [-0.2, -0.15) is 0 Å². The predicted molar refractivity (Wildman–Crippen MR) is 83.8 cm³/mol. The third-order valence-electron chi connectivity index (χ3n) is 2.92. The first-order valence-electron chi connectivity index (χ1n) is 6.83. The summed E-state index contributed by atoms with van der Waals surface area (Å²) in [6, 6.07) is 15.8. The van der Waals surface area contributed by atoms with Crippen LogP contribution in [-0.4, -0.2) is 13.3 Å². The average Bonchev–Trinajstić information content (AvgIpc) is 2.52. The van der Waals surface area contributed by atoms with E-state index in [0.717, 1.165) is 22.4 Å². The van der Waals surface area contributed by atoms with Crippen molar-refractivity contribution in [1.82, 2.24) is 0 Å². The van der Waals surface area contributed by atoms with Crippen LogP contribution in [0.5, 0.6) is 5.75 Å². The smallest absolute Gasteiger partial charge is 0.189 e. The van der Waals surface area contributed by atoms with Gasteiger partial charge in [-0.25, -0.2) is 0 Å². The van der Waals surface area contributed by atoms with E-state index in [4.69, 9.17) is 15.2 Å². The molecule has 0 atom stereocenters. The lowest BCUT2D eigenvalue weighted by Gasteiger charge is -2.10. The Labute approximate surface area is 125 Å². The quantitative estimate of drug-likeness (QED) is 0.521. The zero-order valence-corrected chi connectivity index (χ0v) is 12.1. The van der Waals surface area contributed by atoms with Crippen molar-refractivity contribution in [2.75, 3.05) is 13.3 Å². The van der Waals surface area contributed by atoms with Crippen molar-refractivity contribution in [1.29, 1.82) is 0 Å². The van der Waals surface area contributed by atoms with E-state index < -0.39 is 0 Å². The van der Waals surface area contributed by atoms with Gasteiger partial charge in [0.25, 0.3) is 0 Å². The fourth-order valence-corrected chi connectivity index (χ4v) is 1.88. The molecule has 2 aromatic rings. The Hall–Kier alpha value is -2.28. The number of aryl methyl sites for hydroxylation is 1. The summed E-state index contributed by atoms with van der Waals surface area (Å²) < 4.78 is 11.1. The highest BCUT2D eigenvalue weighted by Gasteiger charge is 2.00. The van der Waals surface area contributed by atoms with Crippen LogP contribution in [0.3, 0.4) is 0 Å². The largest absolute Gasteiger partial charge is 0.467 e. The van der Waals surface area contributed by atoms with E-state index in [2.05, 4.69) is 11.8 Å². The molecule has 0 aromatic heterocycles. The van der Waals surface area contributed by atoms with Gasteiger partial charge < -0.3 is 15.2 Å². The van der Waals surface area contributed by atoms with Crippen molar-refractivity contribution in [2.45, 2.75) is 13.5 Å². The minimum absolute atomic E-state index is 0.226. The second-order valence-corrected chi connectivity index (χ2v) is 4.58. The SMILES string of the molecule is Cc1cc(C#CCN)ccc1OCOCc1ccccc1. The maximum Gasteiger partial charge on any atom is 0.189 e. The van der Waals surface area contributed by atoms with Crippen molar-refractivity contribution in [3.8, 4) is 17.6 Å². The zero-order chi connectivity index (χ0) is 14.9. The normalized spacial score (nSPS) is 9.81. The average molecular weight is 281 g/mol. The van der Waals surface area contributed by atoms with Gasteiger partial charge in [-0.15, -0.1) is 0 Å². The summed E-state index contributed by atoms with van der Waals surface area (Å²) in [4.78, 5) is 0. The van der Waals surface area contributed by atoms with Crippen molar-refractivity contribution in [2.24, 2.45) is 5.73 Å². The molecule has 0 aliphatic carbocycles. The van der Waals surface area contributed by atoms with Crippen LogP contribution in [0.25, 0.3) is 0 Å². The van der Waals surface area contributed by atoms with Crippen LogP contribution in [0, 0.1) is 18.8 Å². The van der Waals surface area contributed by atoms with E-state index in [-0.39, 0.29) is 6.79 Å². The van der Waals surface area contributed by atoms with E-state index >= 15 is 0 Å². The topological polar surface area (TPSA) is 44.5 Å². The van der Waals surface area contributed by atoms with Crippen molar-refractivity contribution in [3.05, 3.63) is 65.2 Å². The minimum Gasteiger partial charge on any atom is -0.467 e. The number of benzene rings is 2. The van der Waals surface area contributed by atoms with Crippen LogP contribution >= 0.6 is 0 Å². The lowest BCUT2D eigenvalue weighted by atomic mass is 10.1. The highest BCUT2D eigenvalue weighted by atomic mass is 16.7. The molecular formula is C18H19NO2. The maximum atomic E-state index is 5.62. The van der Waals surface area contributed by atoms with Gasteiger partial charge in [-0.05, 0) is 36.2 Å². The molecule has 0 fully saturated rings. The lowest BCUT2D eigenvalue weighted by molar-refractivity contribution is 0.00468. The van der Waals surface area contributed by atoms with Crippen molar-refractivity contribution < 1.29 is 9.47 Å². The first-order valence-corrected chi connectivity index (χ1v) is 6.83. The van der Waals surface area contributed by atoms with Gasteiger partial charge in [0.2, 0.25) is 0 Å². The second kappa shape index (κ2) is 8.11. The zero-order valence-electron chi connectivity index (χ0n) is 12.1. The maximum absolute atomic E-state index is 5.62. The first kappa shape index (κ1) is 15.1. The van der Waals surface area contributed by atoms with E-state index in [9.17, 15) is 0 Å². The number of hydrogen-bond acceptors (Lipinski definition) is 3. The van der Waals surface area contributed by atoms with Gasteiger partial charge in [0.1, 0.15) is 5.75 Å². The molecule has 0 spiro atoms. The Kier molecular flexibility index (Phi) is 5.83. The molecular weight excluding hydrogens is 262 g/mol. The fraction of sp³-hybridized carbons (Fsp3) is 0.222. The Morgan fingerprint density at radius 3 is 2.62 bits per heavy atom. The molecule has 108 valence electrons. The molecule has 2 rings (SSSR count). The van der Waals surface area contributed by atoms with Crippen LogP contribution in [0.2, 0.25) is 0 Å². The summed E-state index contributed by atoms with van der Waals surface area (Å²) in [6.45, 7) is 3.12. The van der Waals surface area contributed by atoms with Crippen molar-refractivity contribution >= 4 is 0 Å². The molecule has 0 radical (unpaired) electrons.